The Hall–Kier alpha value is -0.380. The predicted octanol–water partition coefficient (Wildman–Crippen LogP) is 0.462. The first-order valence-electron chi connectivity index (χ1n) is 4.29. The normalized spacial score (nSPS) is 38.2. The summed E-state index contributed by atoms with van der Waals surface area (Å²) in [5, 5.41) is 18.5. The van der Waals surface area contributed by atoms with Crippen molar-refractivity contribution in [3.05, 3.63) is 12.2 Å². The molecule has 0 saturated carbocycles. The molecule has 0 aromatic carbocycles. The van der Waals surface area contributed by atoms with Crippen LogP contribution in [0.2, 0.25) is 0 Å². The molecule has 70 valence electrons. The highest BCUT2D eigenvalue weighted by Crippen LogP contribution is 2.16. The summed E-state index contributed by atoms with van der Waals surface area (Å²) in [5.41, 5.74) is 0. The minimum Gasteiger partial charge on any atom is -0.393 e. The average molecular weight is 172 g/mol. The lowest BCUT2D eigenvalue weighted by Gasteiger charge is -2.28. The lowest BCUT2D eigenvalue weighted by molar-refractivity contribution is -0.0682. The van der Waals surface area contributed by atoms with Crippen LogP contribution in [0.5, 0.6) is 0 Å². The summed E-state index contributed by atoms with van der Waals surface area (Å²) in [6.45, 7) is 3.61. The summed E-state index contributed by atoms with van der Waals surface area (Å²) < 4.78 is 5.41. The van der Waals surface area contributed by atoms with E-state index in [-0.39, 0.29) is 12.2 Å². The Morgan fingerprint density at radius 2 is 2.17 bits per heavy atom. The van der Waals surface area contributed by atoms with Crippen LogP contribution in [-0.4, -0.2) is 34.6 Å². The Kier molecular flexibility index (Phi) is 3.26. The first-order valence-corrected chi connectivity index (χ1v) is 4.29. The molecule has 1 heterocycles. The molecule has 0 aliphatic carbocycles. The van der Waals surface area contributed by atoms with Crippen molar-refractivity contribution in [2.75, 3.05) is 0 Å². The van der Waals surface area contributed by atoms with Crippen molar-refractivity contribution in [2.45, 2.75) is 44.7 Å². The Labute approximate surface area is 72.7 Å². The van der Waals surface area contributed by atoms with Gasteiger partial charge in [0.15, 0.2) is 0 Å². The first-order chi connectivity index (χ1) is 5.59. The van der Waals surface area contributed by atoms with Gasteiger partial charge in [-0.05, 0) is 13.8 Å². The van der Waals surface area contributed by atoms with Gasteiger partial charge >= 0.3 is 0 Å². The second kappa shape index (κ2) is 4.03. The Morgan fingerprint density at radius 1 is 1.50 bits per heavy atom. The molecule has 0 aromatic heterocycles. The van der Waals surface area contributed by atoms with Crippen molar-refractivity contribution in [3.63, 3.8) is 0 Å². The van der Waals surface area contributed by atoms with Crippen LogP contribution in [-0.2, 0) is 4.74 Å². The second-order valence-electron chi connectivity index (χ2n) is 3.34. The lowest BCUT2D eigenvalue weighted by atomic mass is 10.0. The molecule has 4 atom stereocenters. The number of aliphatic hydroxyl groups excluding tert-OH is 2. The Morgan fingerprint density at radius 3 is 2.75 bits per heavy atom. The molecule has 0 amide bonds. The largest absolute Gasteiger partial charge is 0.393 e. The third-order valence-electron chi connectivity index (χ3n) is 1.92. The molecule has 0 radical (unpaired) electrons. The third-order valence-corrected chi connectivity index (χ3v) is 1.92. The summed E-state index contributed by atoms with van der Waals surface area (Å²) in [7, 11) is 0. The maximum atomic E-state index is 9.41. The summed E-state index contributed by atoms with van der Waals surface area (Å²) >= 11 is 0. The fourth-order valence-corrected chi connectivity index (χ4v) is 1.33. The van der Waals surface area contributed by atoms with E-state index in [4.69, 9.17) is 9.84 Å². The van der Waals surface area contributed by atoms with Crippen molar-refractivity contribution in [1.82, 2.24) is 0 Å². The molecule has 2 N–H and O–H groups in total. The zero-order valence-electron chi connectivity index (χ0n) is 7.47. The van der Waals surface area contributed by atoms with Crippen molar-refractivity contribution in [1.29, 1.82) is 0 Å². The fourth-order valence-electron chi connectivity index (χ4n) is 1.33. The molecule has 1 aliphatic heterocycles. The van der Waals surface area contributed by atoms with Crippen LogP contribution in [0, 0.1) is 0 Å². The molecular formula is C9H16O3. The zero-order chi connectivity index (χ0) is 9.14. The van der Waals surface area contributed by atoms with Crippen LogP contribution >= 0.6 is 0 Å². The SMILES string of the molecule is C[C@@H](O)C[C@@H]1O[C@@H](C)C=C[C@@H]1O. The van der Waals surface area contributed by atoms with Crippen molar-refractivity contribution in [2.24, 2.45) is 0 Å². The Bertz CT molecular complexity index is 165. The maximum Gasteiger partial charge on any atom is 0.0984 e. The van der Waals surface area contributed by atoms with E-state index in [2.05, 4.69) is 0 Å². The van der Waals surface area contributed by atoms with Crippen molar-refractivity contribution < 1.29 is 14.9 Å². The van der Waals surface area contributed by atoms with Gasteiger partial charge in [-0.1, -0.05) is 12.2 Å². The summed E-state index contributed by atoms with van der Waals surface area (Å²) in [4.78, 5) is 0. The number of ether oxygens (including phenoxy) is 1. The third kappa shape index (κ3) is 2.59. The molecule has 3 nitrogen and oxygen atoms in total. The van der Waals surface area contributed by atoms with E-state index >= 15 is 0 Å². The van der Waals surface area contributed by atoms with E-state index in [1.54, 1.807) is 13.0 Å². The molecule has 1 aliphatic rings. The second-order valence-corrected chi connectivity index (χ2v) is 3.34. The lowest BCUT2D eigenvalue weighted by Crippen LogP contribution is -2.36. The average Bonchev–Trinajstić information content (AvgIpc) is 1.96. The first kappa shape index (κ1) is 9.71. The van der Waals surface area contributed by atoms with Crippen LogP contribution in [0.4, 0.5) is 0 Å². The molecule has 0 saturated heterocycles. The van der Waals surface area contributed by atoms with E-state index in [0.29, 0.717) is 6.42 Å². The topological polar surface area (TPSA) is 49.7 Å². The fraction of sp³-hybridized carbons (Fsp3) is 0.778. The van der Waals surface area contributed by atoms with Gasteiger partial charge < -0.3 is 14.9 Å². The van der Waals surface area contributed by atoms with Gasteiger partial charge in [-0.15, -0.1) is 0 Å². The van der Waals surface area contributed by atoms with Gasteiger partial charge in [-0.3, -0.25) is 0 Å². The molecule has 0 aromatic rings. The van der Waals surface area contributed by atoms with E-state index < -0.39 is 12.2 Å². The molecule has 0 spiro atoms. The van der Waals surface area contributed by atoms with E-state index in [0.717, 1.165) is 0 Å². The van der Waals surface area contributed by atoms with Gasteiger partial charge in [-0.25, -0.2) is 0 Å². The van der Waals surface area contributed by atoms with Gasteiger partial charge in [0.2, 0.25) is 0 Å². The quantitative estimate of drug-likeness (QED) is 0.595. The van der Waals surface area contributed by atoms with E-state index in [1.165, 1.54) is 0 Å². The molecule has 12 heavy (non-hydrogen) atoms. The standard InChI is InChI=1S/C9H16O3/c1-6(10)5-9-8(11)4-3-7(2)12-9/h3-4,6-11H,5H2,1-2H3/t6-,7+,8+,9+/m1/s1. The Balaban J connectivity index is 2.48. The molecule has 1 rings (SSSR count). The zero-order valence-corrected chi connectivity index (χ0v) is 7.47. The highest BCUT2D eigenvalue weighted by molar-refractivity contribution is 5.01. The number of rotatable bonds is 2. The van der Waals surface area contributed by atoms with Crippen LogP contribution in [0.3, 0.4) is 0 Å². The number of aliphatic hydroxyl groups is 2. The maximum absolute atomic E-state index is 9.41. The van der Waals surface area contributed by atoms with Gasteiger partial charge in [0.25, 0.3) is 0 Å². The number of hydrogen-bond donors (Lipinski definition) is 2. The summed E-state index contributed by atoms with van der Waals surface area (Å²) in [6, 6.07) is 0. The highest BCUT2D eigenvalue weighted by Gasteiger charge is 2.24. The van der Waals surface area contributed by atoms with Gasteiger partial charge in [0.05, 0.1) is 24.4 Å². The smallest absolute Gasteiger partial charge is 0.0984 e. The van der Waals surface area contributed by atoms with Gasteiger partial charge in [0.1, 0.15) is 0 Å². The van der Waals surface area contributed by atoms with Gasteiger partial charge in [-0.2, -0.15) is 0 Å². The monoisotopic (exact) mass is 172 g/mol. The van der Waals surface area contributed by atoms with Gasteiger partial charge in [0, 0.05) is 6.42 Å². The van der Waals surface area contributed by atoms with Crippen LogP contribution in [0.15, 0.2) is 12.2 Å². The van der Waals surface area contributed by atoms with Crippen LogP contribution < -0.4 is 0 Å². The molecule has 0 fully saturated rings. The molecule has 0 bridgehead atoms. The minimum atomic E-state index is -0.573. The van der Waals surface area contributed by atoms with Crippen LogP contribution in [0.1, 0.15) is 20.3 Å². The molecule has 3 heteroatoms. The summed E-state index contributed by atoms with van der Waals surface area (Å²) in [6.07, 6.45) is 2.81. The highest BCUT2D eigenvalue weighted by atomic mass is 16.5. The van der Waals surface area contributed by atoms with E-state index in [1.807, 2.05) is 13.0 Å². The van der Waals surface area contributed by atoms with Crippen molar-refractivity contribution >= 4 is 0 Å². The van der Waals surface area contributed by atoms with Crippen LogP contribution in [0.25, 0.3) is 0 Å². The predicted molar refractivity (Wildman–Crippen MR) is 45.8 cm³/mol. The minimum absolute atomic E-state index is 0.0390. The summed E-state index contributed by atoms with van der Waals surface area (Å²) in [5.74, 6) is 0. The molecule has 0 unspecified atom stereocenters. The molecular weight excluding hydrogens is 156 g/mol. The van der Waals surface area contributed by atoms with E-state index in [9.17, 15) is 5.11 Å². The van der Waals surface area contributed by atoms with Crippen molar-refractivity contribution in [3.8, 4) is 0 Å². The number of hydrogen-bond acceptors (Lipinski definition) is 3.